The highest BCUT2D eigenvalue weighted by Crippen LogP contribution is 2.29. The highest BCUT2D eigenvalue weighted by molar-refractivity contribution is 5.85. The predicted octanol–water partition coefficient (Wildman–Crippen LogP) is 10.1. The zero-order valence-electron chi connectivity index (χ0n) is 22.8. The molecule has 1 aromatic heterocycles. The molecular formula is C35H39N. The number of benzene rings is 3. The van der Waals surface area contributed by atoms with Crippen LogP contribution < -0.4 is 0 Å². The standard InChI is InChI=1S/C35H39N/c1-24(2)31-9-8-10-32(25(3)4)33(31)21-20-30-19-16-28-23-27(15-22-34(28)36-30)12-11-26-13-17-29(18-14-26)35(5,6)7/h8-25H,1-7H3. The summed E-state index contributed by atoms with van der Waals surface area (Å²) in [6.07, 6.45) is 8.76. The number of hydrogen-bond acceptors (Lipinski definition) is 1. The first-order valence-electron chi connectivity index (χ1n) is 13.1. The zero-order chi connectivity index (χ0) is 25.9. The van der Waals surface area contributed by atoms with E-state index in [9.17, 15) is 0 Å². The molecule has 1 heteroatoms. The summed E-state index contributed by atoms with van der Waals surface area (Å²) in [4.78, 5) is 4.92. The molecule has 0 amide bonds. The minimum atomic E-state index is 0.177. The van der Waals surface area contributed by atoms with Crippen LogP contribution in [0, 0.1) is 0 Å². The van der Waals surface area contributed by atoms with Gasteiger partial charge in [0.15, 0.2) is 0 Å². The van der Waals surface area contributed by atoms with Crippen molar-refractivity contribution in [1.29, 1.82) is 0 Å². The number of nitrogens with zero attached hydrogens (tertiary/aromatic N) is 1. The lowest BCUT2D eigenvalue weighted by atomic mass is 9.87. The van der Waals surface area contributed by atoms with Gasteiger partial charge in [-0.25, -0.2) is 4.98 Å². The van der Waals surface area contributed by atoms with E-state index in [1.165, 1.54) is 33.4 Å². The third-order valence-electron chi connectivity index (χ3n) is 6.82. The summed E-state index contributed by atoms with van der Waals surface area (Å²) < 4.78 is 0. The molecule has 0 fully saturated rings. The summed E-state index contributed by atoms with van der Waals surface area (Å²) in [5.41, 5.74) is 10.0. The van der Waals surface area contributed by atoms with Crippen LogP contribution in [0.25, 0.3) is 35.2 Å². The summed E-state index contributed by atoms with van der Waals surface area (Å²) in [5, 5.41) is 1.16. The van der Waals surface area contributed by atoms with E-state index in [0.717, 1.165) is 16.6 Å². The van der Waals surface area contributed by atoms with E-state index in [0.29, 0.717) is 11.8 Å². The van der Waals surface area contributed by atoms with E-state index in [1.54, 1.807) is 0 Å². The predicted molar refractivity (Wildman–Crippen MR) is 159 cm³/mol. The van der Waals surface area contributed by atoms with Gasteiger partial charge in [-0.05, 0) is 74.9 Å². The van der Waals surface area contributed by atoms with Gasteiger partial charge in [0.1, 0.15) is 0 Å². The van der Waals surface area contributed by atoms with E-state index in [1.807, 2.05) is 0 Å². The molecule has 0 atom stereocenters. The van der Waals surface area contributed by atoms with Crippen LogP contribution in [0.1, 0.15) is 99.4 Å². The lowest BCUT2D eigenvalue weighted by Gasteiger charge is -2.18. The number of pyridine rings is 1. The van der Waals surface area contributed by atoms with Crippen molar-refractivity contribution in [1.82, 2.24) is 4.98 Å². The molecule has 0 N–H and O–H groups in total. The molecule has 1 heterocycles. The minimum Gasteiger partial charge on any atom is -0.248 e. The summed E-state index contributed by atoms with van der Waals surface area (Å²) in [5.74, 6) is 0.964. The Hall–Kier alpha value is -3.45. The molecule has 0 aliphatic carbocycles. The SMILES string of the molecule is CC(C)c1cccc(C(C)C)c1C=Cc1ccc2cc(C=Cc3ccc(C(C)(C)C)cc3)ccc2n1. The topological polar surface area (TPSA) is 12.9 Å². The largest absolute Gasteiger partial charge is 0.248 e. The van der Waals surface area contributed by atoms with E-state index < -0.39 is 0 Å². The van der Waals surface area contributed by atoms with Crippen molar-refractivity contribution in [2.75, 3.05) is 0 Å². The summed E-state index contributed by atoms with van der Waals surface area (Å²) in [6.45, 7) is 15.8. The highest BCUT2D eigenvalue weighted by atomic mass is 14.7. The zero-order valence-corrected chi connectivity index (χ0v) is 22.8. The Morgan fingerprint density at radius 2 is 1.25 bits per heavy atom. The number of rotatable bonds is 6. The van der Waals surface area contributed by atoms with Gasteiger partial charge < -0.3 is 0 Å². The first-order chi connectivity index (χ1) is 17.1. The monoisotopic (exact) mass is 473 g/mol. The maximum atomic E-state index is 4.92. The molecule has 0 radical (unpaired) electrons. The lowest BCUT2D eigenvalue weighted by Crippen LogP contribution is -2.10. The molecule has 3 aromatic carbocycles. The normalized spacial score (nSPS) is 12.6. The van der Waals surface area contributed by atoms with Crippen LogP contribution in [0.2, 0.25) is 0 Å². The van der Waals surface area contributed by atoms with E-state index in [4.69, 9.17) is 4.98 Å². The van der Waals surface area contributed by atoms with E-state index in [2.05, 4.69) is 146 Å². The van der Waals surface area contributed by atoms with Crippen LogP contribution in [0.5, 0.6) is 0 Å². The molecule has 4 rings (SSSR count). The molecule has 0 aliphatic rings. The number of hydrogen-bond donors (Lipinski definition) is 0. The van der Waals surface area contributed by atoms with Crippen LogP contribution in [0.3, 0.4) is 0 Å². The maximum Gasteiger partial charge on any atom is 0.0709 e. The second-order valence-corrected chi connectivity index (χ2v) is 11.4. The molecule has 4 aromatic rings. The van der Waals surface area contributed by atoms with Crippen molar-refractivity contribution in [3.63, 3.8) is 0 Å². The molecule has 0 bridgehead atoms. The third-order valence-corrected chi connectivity index (χ3v) is 6.82. The van der Waals surface area contributed by atoms with Gasteiger partial charge >= 0.3 is 0 Å². The number of fused-ring (bicyclic) bond motifs is 1. The van der Waals surface area contributed by atoms with Crippen molar-refractivity contribution in [3.05, 3.63) is 112 Å². The summed E-state index contributed by atoms with van der Waals surface area (Å²) in [7, 11) is 0. The Morgan fingerprint density at radius 3 is 1.86 bits per heavy atom. The Kier molecular flexibility index (Phi) is 7.59. The molecule has 0 saturated carbocycles. The molecule has 184 valence electrons. The molecule has 36 heavy (non-hydrogen) atoms. The van der Waals surface area contributed by atoms with Crippen LogP contribution >= 0.6 is 0 Å². The Balaban J connectivity index is 1.56. The maximum absolute atomic E-state index is 4.92. The van der Waals surface area contributed by atoms with Gasteiger partial charge in [0.05, 0.1) is 11.2 Å². The Labute approximate surface area is 217 Å². The van der Waals surface area contributed by atoms with E-state index in [-0.39, 0.29) is 5.41 Å². The average molecular weight is 474 g/mol. The van der Waals surface area contributed by atoms with Gasteiger partial charge in [-0.15, -0.1) is 0 Å². The minimum absolute atomic E-state index is 0.177. The quantitative estimate of drug-likeness (QED) is 0.254. The first kappa shape index (κ1) is 25.6. The third kappa shape index (κ3) is 6.02. The van der Waals surface area contributed by atoms with Gasteiger partial charge in [-0.2, -0.15) is 0 Å². The lowest BCUT2D eigenvalue weighted by molar-refractivity contribution is 0.590. The fraction of sp³-hybridized carbons (Fsp3) is 0.286. The summed E-state index contributed by atoms with van der Waals surface area (Å²) >= 11 is 0. The smallest absolute Gasteiger partial charge is 0.0709 e. The van der Waals surface area contributed by atoms with Gasteiger partial charge in [-0.1, -0.05) is 121 Å². The molecular weight excluding hydrogens is 434 g/mol. The van der Waals surface area contributed by atoms with Crippen molar-refractivity contribution in [2.24, 2.45) is 0 Å². The van der Waals surface area contributed by atoms with Crippen LogP contribution in [0.15, 0.2) is 72.8 Å². The van der Waals surface area contributed by atoms with Crippen LogP contribution in [-0.2, 0) is 5.41 Å². The fourth-order valence-corrected chi connectivity index (χ4v) is 4.61. The Morgan fingerprint density at radius 1 is 0.639 bits per heavy atom. The van der Waals surface area contributed by atoms with Gasteiger partial charge in [-0.3, -0.25) is 0 Å². The van der Waals surface area contributed by atoms with Gasteiger partial charge in [0, 0.05) is 5.39 Å². The van der Waals surface area contributed by atoms with Gasteiger partial charge in [0.25, 0.3) is 0 Å². The van der Waals surface area contributed by atoms with Crippen LogP contribution in [-0.4, -0.2) is 4.98 Å². The van der Waals surface area contributed by atoms with Crippen molar-refractivity contribution >= 4 is 35.2 Å². The molecule has 0 saturated heterocycles. The fourth-order valence-electron chi connectivity index (χ4n) is 4.61. The Bertz CT molecular complexity index is 1370. The molecule has 1 nitrogen and oxygen atoms in total. The van der Waals surface area contributed by atoms with Crippen molar-refractivity contribution in [3.8, 4) is 0 Å². The van der Waals surface area contributed by atoms with Crippen molar-refractivity contribution < 1.29 is 0 Å². The molecule has 0 unspecified atom stereocenters. The molecule has 0 spiro atoms. The number of aromatic nitrogens is 1. The second-order valence-electron chi connectivity index (χ2n) is 11.4. The van der Waals surface area contributed by atoms with E-state index >= 15 is 0 Å². The second kappa shape index (κ2) is 10.7. The summed E-state index contributed by atoms with van der Waals surface area (Å²) in [6, 6.07) is 26.3. The van der Waals surface area contributed by atoms with Crippen LogP contribution in [0.4, 0.5) is 0 Å². The first-order valence-corrected chi connectivity index (χ1v) is 13.1. The molecule has 0 aliphatic heterocycles. The highest BCUT2D eigenvalue weighted by Gasteiger charge is 2.13. The average Bonchev–Trinajstić information content (AvgIpc) is 2.85. The van der Waals surface area contributed by atoms with Gasteiger partial charge in [0.2, 0.25) is 0 Å². The van der Waals surface area contributed by atoms with Crippen molar-refractivity contribution in [2.45, 2.75) is 65.7 Å².